The van der Waals surface area contributed by atoms with E-state index in [2.05, 4.69) is 44.7 Å². The molecular formula is C11H13N. The first-order valence-corrected chi connectivity index (χ1v) is 3.74. The number of aryl methyl sites for hydroxylation is 2. The molecule has 0 aliphatic heterocycles. The molecule has 0 radical (unpaired) electrons. The van der Waals surface area contributed by atoms with Crippen molar-refractivity contribution in [1.82, 2.24) is 0 Å². The molecule has 1 nitrogen and oxygen atoms in total. The molecular weight excluding hydrogens is 146 g/mol. The van der Waals surface area contributed by atoms with Crippen LogP contribution in [-0.2, 0) is 0 Å². The average Bonchev–Trinajstić information content (AvgIpc) is 2.11. The standard InChI is InChI=1S/C8H10.C3H3N/c1-7-3-5-8(2)6-4-7;1-2-3-4/h3-6H,1-2H3;2H,1H2. The van der Waals surface area contributed by atoms with E-state index in [0.29, 0.717) is 0 Å². The summed E-state index contributed by atoms with van der Waals surface area (Å²) in [4.78, 5) is 0. The van der Waals surface area contributed by atoms with Gasteiger partial charge in [0, 0.05) is 6.08 Å². The van der Waals surface area contributed by atoms with Crippen LogP contribution < -0.4 is 0 Å². The van der Waals surface area contributed by atoms with Gasteiger partial charge in [0.25, 0.3) is 0 Å². The molecule has 1 heteroatoms. The molecule has 1 aromatic rings. The summed E-state index contributed by atoms with van der Waals surface area (Å²) in [6.07, 6.45) is 1.18. The van der Waals surface area contributed by atoms with Crippen LogP contribution in [0, 0.1) is 25.2 Å². The van der Waals surface area contributed by atoms with Gasteiger partial charge in [0.1, 0.15) is 0 Å². The Bertz CT molecular complexity index is 243. The van der Waals surface area contributed by atoms with Gasteiger partial charge in [-0.3, -0.25) is 0 Å². The lowest BCUT2D eigenvalue weighted by Crippen LogP contribution is -1.70. The third kappa shape index (κ3) is 5.25. The molecule has 0 unspecified atom stereocenters. The number of benzene rings is 1. The molecule has 0 bridgehead atoms. The van der Waals surface area contributed by atoms with Gasteiger partial charge in [-0.15, -0.1) is 0 Å². The zero-order chi connectivity index (χ0) is 9.40. The predicted octanol–water partition coefficient (Wildman–Crippen LogP) is 3.00. The van der Waals surface area contributed by atoms with Gasteiger partial charge in [0.15, 0.2) is 0 Å². The molecule has 0 aliphatic rings. The molecule has 0 fully saturated rings. The molecule has 1 rings (SSSR count). The second kappa shape index (κ2) is 6.18. The molecule has 0 saturated heterocycles. The Hall–Kier alpha value is -1.55. The van der Waals surface area contributed by atoms with Gasteiger partial charge in [0.2, 0.25) is 0 Å². The van der Waals surface area contributed by atoms with E-state index >= 15 is 0 Å². The summed E-state index contributed by atoms with van der Waals surface area (Å²) in [6, 6.07) is 10.2. The van der Waals surface area contributed by atoms with Crippen molar-refractivity contribution < 1.29 is 0 Å². The zero-order valence-electron chi connectivity index (χ0n) is 7.54. The summed E-state index contributed by atoms with van der Waals surface area (Å²) in [5.74, 6) is 0. The van der Waals surface area contributed by atoms with Gasteiger partial charge in [-0.25, -0.2) is 0 Å². The Morgan fingerprint density at radius 2 is 1.42 bits per heavy atom. The van der Waals surface area contributed by atoms with E-state index in [9.17, 15) is 0 Å². The van der Waals surface area contributed by atoms with Crippen LogP contribution in [0.1, 0.15) is 11.1 Å². The molecule has 0 amide bonds. The molecule has 0 N–H and O–H groups in total. The summed E-state index contributed by atoms with van der Waals surface area (Å²) in [7, 11) is 0. The van der Waals surface area contributed by atoms with Crippen molar-refractivity contribution in [1.29, 1.82) is 5.26 Å². The van der Waals surface area contributed by atoms with Crippen molar-refractivity contribution in [3.63, 3.8) is 0 Å². The number of nitrogens with zero attached hydrogens (tertiary/aromatic N) is 1. The fourth-order valence-electron chi connectivity index (χ4n) is 0.637. The normalized spacial score (nSPS) is 7.42. The number of hydrogen-bond acceptors (Lipinski definition) is 1. The third-order valence-electron chi connectivity index (χ3n) is 1.31. The molecule has 0 spiro atoms. The van der Waals surface area contributed by atoms with Crippen LogP contribution >= 0.6 is 0 Å². The number of allylic oxidation sites excluding steroid dienone is 1. The molecule has 0 heterocycles. The second-order valence-corrected chi connectivity index (χ2v) is 2.49. The summed E-state index contributed by atoms with van der Waals surface area (Å²) in [5.41, 5.74) is 2.66. The van der Waals surface area contributed by atoms with Crippen molar-refractivity contribution in [2.45, 2.75) is 13.8 Å². The van der Waals surface area contributed by atoms with Gasteiger partial charge in [-0.1, -0.05) is 42.0 Å². The predicted molar refractivity (Wildman–Crippen MR) is 51.7 cm³/mol. The van der Waals surface area contributed by atoms with E-state index in [0.717, 1.165) is 0 Å². The average molecular weight is 159 g/mol. The van der Waals surface area contributed by atoms with E-state index in [1.165, 1.54) is 17.2 Å². The zero-order valence-corrected chi connectivity index (χ0v) is 7.54. The fraction of sp³-hybridized carbons (Fsp3) is 0.182. The van der Waals surface area contributed by atoms with Crippen molar-refractivity contribution >= 4 is 0 Å². The SMILES string of the molecule is C=CC#N.Cc1ccc(C)cc1. The molecule has 0 aromatic heterocycles. The number of hydrogen-bond donors (Lipinski definition) is 0. The minimum atomic E-state index is 1.18. The summed E-state index contributed by atoms with van der Waals surface area (Å²) in [6.45, 7) is 7.31. The molecule has 0 saturated carbocycles. The van der Waals surface area contributed by atoms with Crippen LogP contribution in [0.25, 0.3) is 0 Å². The van der Waals surface area contributed by atoms with E-state index in [4.69, 9.17) is 5.26 Å². The Balaban J connectivity index is 0.000000261. The summed E-state index contributed by atoms with van der Waals surface area (Å²) < 4.78 is 0. The van der Waals surface area contributed by atoms with E-state index < -0.39 is 0 Å². The quantitative estimate of drug-likeness (QED) is 0.534. The van der Waals surface area contributed by atoms with Crippen molar-refractivity contribution in [2.75, 3.05) is 0 Å². The van der Waals surface area contributed by atoms with E-state index in [-0.39, 0.29) is 0 Å². The highest BCUT2D eigenvalue weighted by Crippen LogP contribution is 1.99. The van der Waals surface area contributed by atoms with Gasteiger partial charge >= 0.3 is 0 Å². The first-order chi connectivity index (χ1) is 5.70. The highest BCUT2D eigenvalue weighted by atomic mass is 14.2. The number of rotatable bonds is 0. The Kier molecular flexibility index (Phi) is 5.38. The monoisotopic (exact) mass is 159 g/mol. The second-order valence-electron chi connectivity index (χ2n) is 2.49. The topological polar surface area (TPSA) is 23.8 Å². The maximum Gasteiger partial charge on any atom is 0.0905 e. The first kappa shape index (κ1) is 10.4. The molecule has 12 heavy (non-hydrogen) atoms. The van der Waals surface area contributed by atoms with Crippen molar-refractivity contribution in [3.8, 4) is 6.07 Å². The minimum Gasteiger partial charge on any atom is -0.193 e. The molecule has 0 atom stereocenters. The van der Waals surface area contributed by atoms with Crippen molar-refractivity contribution in [2.24, 2.45) is 0 Å². The summed E-state index contributed by atoms with van der Waals surface area (Å²) in [5, 5.41) is 7.51. The first-order valence-electron chi connectivity index (χ1n) is 3.74. The molecule has 62 valence electrons. The van der Waals surface area contributed by atoms with E-state index in [1.54, 1.807) is 6.07 Å². The summed E-state index contributed by atoms with van der Waals surface area (Å²) >= 11 is 0. The lowest BCUT2D eigenvalue weighted by Gasteiger charge is -1.90. The lowest BCUT2D eigenvalue weighted by atomic mass is 10.2. The highest BCUT2D eigenvalue weighted by Gasteiger charge is 1.79. The minimum absolute atomic E-state index is 1.18. The largest absolute Gasteiger partial charge is 0.193 e. The Morgan fingerprint density at radius 1 is 1.17 bits per heavy atom. The van der Waals surface area contributed by atoms with Crippen LogP contribution in [0.4, 0.5) is 0 Å². The Labute approximate surface area is 74.0 Å². The number of nitriles is 1. The van der Waals surface area contributed by atoms with E-state index in [1.807, 2.05) is 0 Å². The maximum atomic E-state index is 7.51. The lowest BCUT2D eigenvalue weighted by molar-refractivity contribution is 1.40. The van der Waals surface area contributed by atoms with Crippen LogP contribution in [0.3, 0.4) is 0 Å². The molecule has 1 aromatic carbocycles. The maximum absolute atomic E-state index is 7.51. The Morgan fingerprint density at radius 3 is 1.58 bits per heavy atom. The van der Waals surface area contributed by atoms with Gasteiger partial charge in [0.05, 0.1) is 6.07 Å². The van der Waals surface area contributed by atoms with Crippen LogP contribution in [-0.4, -0.2) is 0 Å². The van der Waals surface area contributed by atoms with Gasteiger partial charge in [-0.05, 0) is 13.8 Å². The van der Waals surface area contributed by atoms with Crippen LogP contribution in [0.5, 0.6) is 0 Å². The smallest absolute Gasteiger partial charge is 0.0905 e. The third-order valence-corrected chi connectivity index (χ3v) is 1.31. The van der Waals surface area contributed by atoms with Gasteiger partial charge < -0.3 is 0 Å². The van der Waals surface area contributed by atoms with Crippen LogP contribution in [0.2, 0.25) is 0 Å². The fourth-order valence-corrected chi connectivity index (χ4v) is 0.637. The van der Waals surface area contributed by atoms with Gasteiger partial charge in [-0.2, -0.15) is 5.26 Å². The highest BCUT2D eigenvalue weighted by molar-refractivity contribution is 5.19. The van der Waals surface area contributed by atoms with Crippen molar-refractivity contribution in [3.05, 3.63) is 48.0 Å². The van der Waals surface area contributed by atoms with Crippen LogP contribution in [0.15, 0.2) is 36.9 Å². The molecule has 0 aliphatic carbocycles.